The van der Waals surface area contributed by atoms with Crippen LogP contribution in [-0.4, -0.2) is 17.9 Å². The fraction of sp³-hybridized carbons (Fsp3) is 0.192. The van der Waals surface area contributed by atoms with Crippen LogP contribution in [0.4, 0.5) is 0 Å². The van der Waals surface area contributed by atoms with Crippen LogP contribution in [0.1, 0.15) is 66.6 Å². The third kappa shape index (κ3) is 3.95. The van der Waals surface area contributed by atoms with Crippen molar-refractivity contribution >= 4 is 17.9 Å². The highest BCUT2D eigenvalue weighted by molar-refractivity contribution is 6.28. The highest BCUT2D eigenvalue weighted by Crippen LogP contribution is 2.27. The smallest absolute Gasteiger partial charge is 0.234 e. The van der Waals surface area contributed by atoms with Gasteiger partial charge in [-0.25, -0.2) is 0 Å². The molecule has 3 aromatic rings. The Morgan fingerprint density at radius 2 is 1.24 bits per heavy atom. The van der Waals surface area contributed by atoms with E-state index in [4.69, 9.17) is 0 Å². The highest BCUT2D eigenvalue weighted by atomic mass is 16.1. The second kappa shape index (κ2) is 8.36. The first-order valence-electron chi connectivity index (χ1n) is 9.64. The Morgan fingerprint density at radius 3 is 1.76 bits per heavy atom. The predicted molar refractivity (Wildman–Crippen MR) is 115 cm³/mol. The summed E-state index contributed by atoms with van der Waals surface area (Å²) in [6, 6.07) is 16.5. The molecule has 0 aliphatic heterocycles. The Bertz CT molecular complexity index is 1100. The van der Waals surface area contributed by atoms with Gasteiger partial charge in [0.1, 0.15) is 0 Å². The van der Waals surface area contributed by atoms with Gasteiger partial charge >= 0.3 is 0 Å². The van der Waals surface area contributed by atoms with Crippen molar-refractivity contribution in [3.05, 3.63) is 105 Å². The van der Waals surface area contributed by atoms with E-state index in [9.17, 15) is 14.4 Å². The SMILES string of the molecule is CCc1ccc2c(c1)C(=O)c1ccccc1C2=O.Cc1cc(C)c([C]=O)c(C)c1. The monoisotopic (exact) mass is 383 g/mol. The summed E-state index contributed by atoms with van der Waals surface area (Å²) < 4.78 is 0. The van der Waals surface area contributed by atoms with Crippen molar-refractivity contribution < 1.29 is 14.4 Å². The van der Waals surface area contributed by atoms with E-state index in [1.165, 1.54) is 5.56 Å². The Kier molecular flexibility index (Phi) is 5.88. The fourth-order valence-electron chi connectivity index (χ4n) is 3.71. The average Bonchev–Trinajstić information content (AvgIpc) is 2.71. The topological polar surface area (TPSA) is 51.2 Å². The zero-order valence-electron chi connectivity index (χ0n) is 17.1. The van der Waals surface area contributed by atoms with E-state index in [2.05, 4.69) is 0 Å². The molecule has 3 aromatic carbocycles. The predicted octanol–water partition coefficient (Wildman–Crippen LogP) is 5.09. The lowest BCUT2D eigenvalue weighted by molar-refractivity contribution is 0.0979. The van der Waals surface area contributed by atoms with Gasteiger partial charge < -0.3 is 0 Å². The van der Waals surface area contributed by atoms with Crippen molar-refractivity contribution in [2.75, 3.05) is 0 Å². The lowest BCUT2D eigenvalue weighted by Crippen LogP contribution is -2.20. The van der Waals surface area contributed by atoms with E-state index >= 15 is 0 Å². The summed E-state index contributed by atoms with van der Waals surface area (Å²) in [6.45, 7) is 7.92. The molecule has 1 aliphatic rings. The summed E-state index contributed by atoms with van der Waals surface area (Å²) >= 11 is 0. The van der Waals surface area contributed by atoms with Crippen LogP contribution in [0.3, 0.4) is 0 Å². The van der Waals surface area contributed by atoms with E-state index in [1.54, 1.807) is 30.3 Å². The van der Waals surface area contributed by atoms with Gasteiger partial charge in [0.2, 0.25) is 6.29 Å². The van der Waals surface area contributed by atoms with Gasteiger partial charge in [0.15, 0.2) is 11.6 Å². The maximum atomic E-state index is 12.4. The van der Waals surface area contributed by atoms with Crippen molar-refractivity contribution in [1.29, 1.82) is 0 Å². The number of ketones is 2. The molecule has 29 heavy (non-hydrogen) atoms. The van der Waals surface area contributed by atoms with Crippen molar-refractivity contribution in [2.24, 2.45) is 0 Å². The van der Waals surface area contributed by atoms with Gasteiger partial charge in [-0.3, -0.25) is 14.4 Å². The maximum absolute atomic E-state index is 12.4. The zero-order chi connectivity index (χ0) is 21.1. The Morgan fingerprint density at radius 1 is 0.724 bits per heavy atom. The molecule has 0 spiro atoms. The van der Waals surface area contributed by atoms with Gasteiger partial charge in [-0.15, -0.1) is 0 Å². The van der Waals surface area contributed by atoms with Crippen LogP contribution >= 0.6 is 0 Å². The van der Waals surface area contributed by atoms with Crippen LogP contribution in [0.15, 0.2) is 54.6 Å². The first-order chi connectivity index (χ1) is 13.9. The minimum atomic E-state index is -0.0529. The maximum Gasteiger partial charge on any atom is 0.234 e. The van der Waals surface area contributed by atoms with Gasteiger partial charge in [-0.2, -0.15) is 0 Å². The molecule has 0 saturated heterocycles. The summed E-state index contributed by atoms with van der Waals surface area (Å²) in [5, 5.41) is 0. The largest absolute Gasteiger partial charge is 0.289 e. The van der Waals surface area contributed by atoms with Gasteiger partial charge in [0.05, 0.1) is 0 Å². The van der Waals surface area contributed by atoms with Crippen molar-refractivity contribution in [1.82, 2.24) is 0 Å². The van der Waals surface area contributed by atoms with Gasteiger partial charge in [-0.05, 0) is 49.9 Å². The van der Waals surface area contributed by atoms with Crippen LogP contribution in [0.25, 0.3) is 0 Å². The molecule has 4 rings (SSSR count). The second-order valence-corrected chi connectivity index (χ2v) is 7.31. The highest BCUT2D eigenvalue weighted by Gasteiger charge is 2.28. The minimum absolute atomic E-state index is 0.0458. The molecule has 0 amide bonds. The third-order valence-electron chi connectivity index (χ3n) is 5.18. The molecule has 3 heteroatoms. The second-order valence-electron chi connectivity index (χ2n) is 7.31. The molecule has 0 fully saturated rings. The van der Waals surface area contributed by atoms with Gasteiger partial charge in [0, 0.05) is 27.8 Å². The first kappa shape index (κ1) is 20.4. The van der Waals surface area contributed by atoms with Crippen molar-refractivity contribution in [2.45, 2.75) is 34.1 Å². The number of fused-ring (bicyclic) bond motifs is 2. The summed E-state index contributed by atoms with van der Waals surface area (Å²) in [4.78, 5) is 35.1. The lowest BCUT2D eigenvalue weighted by atomic mass is 9.83. The summed E-state index contributed by atoms with van der Waals surface area (Å²) in [6.07, 6.45) is 2.80. The number of carbonyl (C=O) groups excluding carboxylic acids is 3. The molecule has 3 nitrogen and oxygen atoms in total. The molecule has 1 aliphatic carbocycles. The van der Waals surface area contributed by atoms with Gasteiger partial charge in [-0.1, -0.05) is 61.0 Å². The Balaban J connectivity index is 0.000000188. The molecular formula is C26H23O3. The number of benzene rings is 3. The Hall–Kier alpha value is -3.33. The molecule has 0 N–H and O–H groups in total. The molecular weight excluding hydrogens is 360 g/mol. The fourth-order valence-corrected chi connectivity index (χ4v) is 3.71. The summed E-state index contributed by atoms with van der Waals surface area (Å²) in [5.41, 5.74) is 7.09. The van der Waals surface area contributed by atoms with E-state index in [1.807, 2.05) is 58.2 Å². The summed E-state index contributed by atoms with van der Waals surface area (Å²) in [5.74, 6) is -0.0987. The van der Waals surface area contributed by atoms with Gasteiger partial charge in [0.25, 0.3) is 0 Å². The summed E-state index contributed by atoms with van der Waals surface area (Å²) in [7, 11) is 0. The molecule has 1 radical (unpaired) electrons. The van der Waals surface area contributed by atoms with E-state index in [-0.39, 0.29) is 11.6 Å². The molecule has 145 valence electrons. The van der Waals surface area contributed by atoms with E-state index in [0.717, 1.165) is 23.1 Å². The molecule has 0 bridgehead atoms. The first-order valence-corrected chi connectivity index (χ1v) is 9.64. The van der Waals surface area contributed by atoms with Crippen LogP contribution in [-0.2, 0) is 11.2 Å². The van der Waals surface area contributed by atoms with Crippen LogP contribution in [0.5, 0.6) is 0 Å². The van der Waals surface area contributed by atoms with Crippen LogP contribution in [0.2, 0.25) is 0 Å². The van der Waals surface area contributed by atoms with Crippen molar-refractivity contribution in [3.8, 4) is 0 Å². The standard InChI is InChI=1S/C16H12O2.C10H11O/c1-2-10-7-8-13-14(9-10)16(18)12-6-4-3-5-11(12)15(13)17;1-7-4-8(2)10(6-11)9(3)5-7/h3-9H,2H2,1H3;4-5H,1-3H3. The Labute approximate surface area is 171 Å². The minimum Gasteiger partial charge on any atom is -0.289 e. The number of rotatable bonds is 2. The zero-order valence-corrected chi connectivity index (χ0v) is 17.1. The number of hydrogen-bond acceptors (Lipinski definition) is 3. The molecule has 0 unspecified atom stereocenters. The number of carbonyl (C=O) groups is 2. The molecule has 0 saturated carbocycles. The van der Waals surface area contributed by atoms with Crippen molar-refractivity contribution in [3.63, 3.8) is 0 Å². The molecule has 0 heterocycles. The van der Waals surface area contributed by atoms with Crippen LogP contribution < -0.4 is 0 Å². The van der Waals surface area contributed by atoms with Crippen LogP contribution in [0, 0.1) is 20.8 Å². The molecule has 0 aromatic heterocycles. The quantitative estimate of drug-likeness (QED) is 0.484. The lowest BCUT2D eigenvalue weighted by Gasteiger charge is -2.17. The average molecular weight is 383 g/mol. The number of aryl methyl sites for hydroxylation is 4. The molecule has 0 atom stereocenters. The van der Waals surface area contributed by atoms with E-state index < -0.39 is 0 Å². The number of hydrogen-bond donors (Lipinski definition) is 0. The third-order valence-corrected chi connectivity index (χ3v) is 5.18. The van der Waals surface area contributed by atoms with E-state index in [0.29, 0.717) is 27.8 Å². The normalized spacial score (nSPS) is 11.9.